The predicted molar refractivity (Wildman–Crippen MR) is 48.2 cm³/mol. The Morgan fingerprint density at radius 2 is 0.533 bits per heavy atom. The average Bonchev–Trinajstić information content (AvgIpc) is 1.25. The minimum atomic E-state index is -1.75. The zero-order valence-corrected chi connectivity index (χ0v) is 11.5. The van der Waals surface area contributed by atoms with Crippen molar-refractivity contribution in [1.29, 1.82) is 0 Å². The molecule has 0 aromatic heterocycles. The van der Waals surface area contributed by atoms with Gasteiger partial charge in [0.2, 0.25) is 0 Å². The molecule has 0 aromatic carbocycles. The summed E-state index contributed by atoms with van der Waals surface area (Å²) in [5.41, 5.74) is 0. The van der Waals surface area contributed by atoms with Crippen LogP contribution in [-0.4, -0.2) is 91.9 Å². The predicted octanol–water partition coefficient (Wildman–Crippen LogP) is -5.81. The van der Waals surface area contributed by atoms with Gasteiger partial charge in [-0.05, 0) is 0 Å². The van der Waals surface area contributed by atoms with Crippen molar-refractivity contribution in [2.24, 2.45) is 0 Å². The fraction of sp³-hybridized carbons (Fsp3) is 0. The Balaban J connectivity index is -0.00000000468. The van der Waals surface area contributed by atoms with Crippen LogP contribution in [0.2, 0.25) is 0 Å². The van der Waals surface area contributed by atoms with Crippen molar-refractivity contribution in [3.05, 3.63) is 30.6 Å². The molecule has 0 atom stereocenters. The molecule has 0 aliphatic rings. The summed E-state index contributed by atoms with van der Waals surface area (Å²) in [5.74, 6) is 0. The summed E-state index contributed by atoms with van der Waals surface area (Å²) in [6.45, 7) is 0. The smallest absolute Gasteiger partial charge is 0.412 e. The van der Waals surface area contributed by atoms with Crippen LogP contribution in [0, 0.1) is 30.6 Å². The van der Waals surface area contributed by atoms with E-state index < -0.39 is 10.2 Å². The molecule has 0 saturated carbocycles. The van der Waals surface area contributed by atoms with Crippen molar-refractivity contribution < 1.29 is 43.0 Å². The van der Waals surface area contributed by atoms with E-state index in [0.717, 1.165) is 0 Å². The second kappa shape index (κ2) is 67.8. The Morgan fingerprint density at radius 3 is 0.533 bits per heavy atom. The van der Waals surface area contributed by atoms with Crippen LogP contribution in [0.4, 0.5) is 0 Å². The first-order valence-electron chi connectivity index (χ1n) is 1.10. The zero-order chi connectivity index (χ0) is 7.15. The first-order chi connectivity index (χ1) is 3.46. The molecule has 0 aliphatic carbocycles. The van der Waals surface area contributed by atoms with Crippen LogP contribution in [0.3, 0.4) is 0 Å². The quantitative estimate of drug-likeness (QED) is 0.227. The second-order valence-corrected chi connectivity index (χ2v) is 0.447. The Bertz CT molecular complexity index is 71.6. The number of nitrogens with zero attached hydrogens (tertiary/aromatic N) is 2. The van der Waals surface area contributed by atoms with Crippen molar-refractivity contribution in [2.45, 2.75) is 0 Å². The Hall–Kier alpha value is -0.269. The van der Waals surface area contributed by atoms with E-state index in [-0.39, 0.29) is 81.7 Å². The summed E-state index contributed by atoms with van der Waals surface area (Å²) in [7, 11) is 0. The maximum atomic E-state index is 8.25. The summed E-state index contributed by atoms with van der Waals surface area (Å²) in [6.07, 6.45) is 0. The number of rotatable bonds is 0. The van der Waals surface area contributed by atoms with Crippen LogP contribution >= 0.6 is 0 Å². The van der Waals surface area contributed by atoms with Crippen LogP contribution < -0.4 is 0 Å². The molecule has 0 spiro atoms. The van der Waals surface area contributed by atoms with E-state index in [1.54, 1.807) is 0 Å². The molecule has 0 amide bonds. The molecule has 15 heavy (non-hydrogen) atoms. The second-order valence-electron chi connectivity index (χ2n) is 0.447. The average molecular weight is 369 g/mol. The van der Waals surface area contributed by atoms with Crippen LogP contribution in [0.15, 0.2) is 0 Å². The van der Waals surface area contributed by atoms with Gasteiger partial charge < -0.3 is 63.5 Å². The van der Waals surface area contributed by atoms with Crippen molar-refractivity contribution in [1.82, 2.24) is 0 Å². The van der Waals surface area contributed by atoms with E-state index in [1.165, 1.54) is 0 Å². The molecule has 0 saturated heterocycles. The van der Waals surface area contributed by atoms with E-state index in [0.29, 0.717) is 0 Å². The normalized spacial score (nSPS) is 3.20. The monoisotopic (exact) mass is 370 g/mol. The van der Waals surface area contributed by atoms with Gasteiger partial charge in [-0.2, -0.15) is 0 Å². The Labute approximate surface area is 122 Å². The summed E-state index contributed by atoms with van der Waals surface area (Å²) < 4.78 is 0. The first-order valence-corrected chi connectivity index (χ1v) is 1.10. The zero-order valence-electron chi connectivity index (χ0n) is 7.05. The Morgan fingerprint density at radius 1 is 0.533 bits per heavy atom. The van der Waals surface area contributed by atoms with Crippen molar-refractivity contribution in [3.8, 4) is 0 Å². The first kappa shape index (κ1) is 84.6. The molecule has 0 rings (SSSR count). The largest absolute Gasteiger partial charge is 2.00 e. The van der Waals surface area contributed by atoms with E-state index >= 15 is 0 Å². The van der Waals surface area contributed by atoms with Gasteiger partial charge in [-0.25, -0.2) is 0 Å². The van der Waals surface area contributed by atoms with Crippen LogP contribution in [-0.2, 0) is 0 Å². The SMILES string of the molecule is O.O.O.O.O.O.O=[N+]([O-])[O-].O=[N+]([O-])[O-].[Ba+2]. The molecule has 12 N–H and O–H groups in total. The molecule has 0 heterocycles. The molecule has 0 bridgehead atoms. The van der Waals surface area contributed by atoms with Crippen molar-refractivity contribution >= 4 is 48.9 Å². The summed E-state index contributed by atoms with van der Waals surface area (Å²) in [5, 5.41) is 29.5. The standard InChI is InChI=1S/Ba.2NO3.6H2O/c;2*2-1(3)4;;;;;;/h;;;6*1H2/q+2;2*-1;;;;;;. The number of hydrogen-bond acceptors (Lipinski definition) is 6. The van der Waals surface area contributed by atoms with E-state index in [2.05, 4.69) is 0 Å². The van der Waals surface area contributed by atoms with Gasteiger partial charge in [0.25, 0.3) is 0 Å². The maximum absolute atomic E-state index is 8.25. The summed E-state index contributed by atoms with van der Waals surface area (Å²) in [6, 6.07) is 0. The fourth-order valence-electron chi connectivity index (χ4n) is 0. The third kappa shape index (κ3) is 26200. The van der Waals surface area contributed by atoms with Gasteiger partial charge in [0.1, 0.15) is 0 Å². The number of hydrogen-bond donors (Lipinski definition) is 0. The van der Waals surface area contributed by atoms with Crippen LogP contribution in [0.25, 0.3) is 0 Å². The van der Waals surface area contributed by atoms with Crippen molar-refractivity contribution in [3.63, 3.8) is 0 Å². The third-order valence-electron chi connectivity index (χ3n) is 0. The van der Waals surface area contributed by atoms with E-state index in [1.807, 2.05) is 0 Å². The van der Waals surface area contributed by atoms with Gasteiger partial charge in [-0.15, -0.1) is 0 Å². The van der Waals surface area contributed by atoms with Crippen LogP contribution in [0.5, 0.6) is 0 Å². The van der Waals surface area contributed by atoms with Gasteiger partial charge in [0.05, 0.1) is 10.2 Å². The molecule has 0 aliphatic heterocycles. The molecule has 0 fully saturated rings. The minimum absolute atomic E-state index is 0. The molecule has 96 valence electrons. The summed E-state index contributed by atoms with van der Waals surface area (Å²) in [4.78, 5) is 16.5. The van der Waals surface area contributed by atoms with E-state index in [9.17, 15) is 0 Å². The van der Waals surface area contributed by atoms with Crippen LogP contribution in [0.1, 0.15) is 0 Å². The third-order valence-corrected chi connectivity index (χ3v) is 0. The van der Waals surface area contributed by atoms with Gasteiger partial charge >= 0.3 is 48.9 Å². The molecule has 14 nitrogen and oxygen atoms in total. The Kier molecular flexibility index (Phi) is 382. The fourth-order valence-corrected chi connectivity index (χ4v) is 0. The molecule has 15 heteroatoms. The minimum Gasteiger partial charge on any atom is -0.412 e. The van der Waals surface area contributed by atoms with Gasteiger partial charge in [0.15, 0.2) is 0 Å². The molecular weight excluding hydrogens is 357 g/mol. The van der Waals surface area contributed by atoms with Gasteiger partial charge in [-0.3, -0.25) is 0 Å². The topological polar surface area (TPSA) is 321 Å². The molecule has 0 aromatic rings. The summed E-state index contributed by atoms with van der Waals surface area (Å²) >= 11 is 0. The maximum Gasteiger partial charge on any atom is 2.00 e. The molecule has 0 radical (unpaired) electrons. The van der Waals surface area contributed by atoms with Crippen molar-refractivity contribution in [2.75, 3.05) is 0 Å². The molecule has 0 unspecified atom stereocenters. The van der Waals surface area contributed by atoms with E-state index in [4.69, 9.17) is 30.6 Å². The van der Waals surface area contributed by atoms with Gasteiger partial charge in [0, 0.05) is 0 Å². The molecular formula is H12BaN2O12. The van der Waals surface area contributed by atoms with Gasteiger partial charge in [-0.1, -0.05) is 0 Å².